The first-order chi connectivity index (χ1) is 10.7. The number of aryl methyl sites for hydroxylation is 1. The first-order valence-corrected chi connectivity index (χ1v) is 7.39. The fourth-order valence-electron chi connectivity index (χ4n) is 2.28. The maximum absolute atomic E-state index is 12.0. The molecule has 2 rings (SSSR count). The number of aliphatic hydroxyl groups excluding tert-OH is 1. The zero-order chi connectivity index (χ0) is 15.8. The Labute approximate surface area is 143 Å². The Kier molecular flexibility index (Phi) is 8.22. The number of benzene rings is 2. The highest BCUT2D eigenvalue weighted by molar-refractivity contribution is 7.59. The van der Waals surface area contributed by atoms with Gasteiger partial charge in [-0.3, -0.25) is 4.79 Å². The first kappa shape index (κ1) is 19.1. The molecular formula is C18H23NO3S. The van der Waals surface area contributed by atoms with Crippen LogP contribution in [-0.2, 0) is 17.6 Å². The molecule has 1 atom stereocenters. The largest absolute Gasteiger partial charge is 0.508 e. The summed E-state index contributed by atoms with van der Waals surface area (Å²) >= 11 is 0. The van der Waals surface area contributed by atoms with Crippen molar-refractivity contribution in [3.05, 3.63) is 65.7 Å². The summed E-state index contributed by atoms with van der Waals surface area (Å²) in [5.74, 6) is 0.137. The summed E-state index contributed by atoms with van der Waals surface area (Å²) in [6.45, 7) is -0.113. The summed E-state index contributed by atoms with van der Waals surface area (Å²) in [7, 11) is 0. The molecular weight excluding hydrogens is 310 g/mol. The number of carbonyl (C=O) groups excluding carboxylic acids is 1. The second-order valence-electron chi connectivity index (χ2n) is 5.30. The van der Waals surface area contributed by atoms with Gasteiger partial charge in [0.2, 0.25) is 5.91 Å². The quantitative estimate of drug-likeness (QED) is 0.727. The Bertz CT molecular complexity index is 587. The summed E-state index contributed by atoms with van der Waals surface area (Å²) in [6.07, 6.45) is 1.62. The minimum absolute atomic E-state index is 0. The second kappa shape index (κ2) is 9.92. The number of phenolic OH excluding ortho intramolecular Hbond substituents is 1. The van der Waals surface area contributed by atoms with E-state index in [0.29, 0.717) is 19.3 Å². The predicted octanol–water partition coefficient (Wildman–Crippen LogP) is 2.16. The van der Waals surface area contributed by atoms with Crippen LogP contribution in [0.25, 0.3) is 0 Å². The molecule has 5 heteroatoms. The van der Waals surface area contributed by atoms with Gasteiger partial charge in [-0.15, -0.1) is 0 Å². The molecule has 2 aromatic rings. The lowest BCUT2D eigenvalue weighted by atomic mass is 10.1. The molecule has 2 aromatic carbocycles. The Hall–Kier alpha value is -1.98. The van der Waals surface area contributed by atoms with Gasteiger partial charge in [-0.25, -0.2) is 0 Å². The average molecular weight is 333 g/mol. The van der Waals surface area contributed by atoms with Crippen LogP contribution in [0.4, 0.5) is 0 Å². The molecule has 0 aromatic heterocycles. The van der Waals surface area contributed by atoms with Crippen LogP contribution in [0.15, 0.2) is 54.6 Å². The standard InChI is InChI=1S/C18H21NO3.H2S/c20-13-16(12-15-6-9-17(21)10-7-15)19-18(22)11-8-14-4-2-1-3-5-14;/h1-7,9-10,16,20-21H,8,11-13H2,(H,19,22);1H2/t16-;/m0./s1. The number of hydrogen-bond acceptors (Lipinski definition) is 3. The third kappa shape index (κ3) is 6.76. The predicted molar refractivity (Wildman–Crippen MR) is 96.0 cm³/mol. The van der Waals surface area contributed by atoms with Crippen LogP contribution >= 0.6 is 13.5 Å². The average Bonchev–Trinajstić information content (AvgIpc) is 2.55. The van der Waals surface area contributed by atoms with Gasteiger partial charge < -0.3 is 15.5 Å². The van der Waals surface area contributed by atoms with E-state index in [9.17, 15) is 15.0 Å². The lowest BCUT2D eigenvalue weighted by molar-refractivity contribution is -0.122. The minimum Gasteiger partial charge on any atom is -0.508 e. The highest BCUT2D eigenvalue weighted by Gasteiger charge is 2.12. The van der Waals surface area contributed by atoms with Crippen LogP contribution in [0.5, 0.6) is 5.75 Å². The zero-order valence-corrected chi connectivity index (χ0v) is 13.9. The summed E-state index contributed by atoms with van der Waals surface area (Å²) in [6, 6.07) is 16.3. The van der Waals surface area contributed by atoms with Crippen LogP contribution in [-0.4, -0.2) is 28.8 Å². The molecule has 0 spiro atoms. The van der Waals surface area contributed by atoms with Crippen molar-refractivity contribution in [2.45, 2.75) is 25.3 Å². The lowest BCUT2D eigenvalue weighted by Crippen LogP contribution is -2.39. The van der Waals surface area contributed by atoms with Crippen molar-refractivity contribution in [3.63, 3.8) is 0 Å². The van der Waals surface area contributed by atoms with Crippen molar-refractivity contribution >= 4 is 19.4 Å². The van der Waals surface area contributed by atoms with Crippen molar-refractivity contribution in [1.82, 2.24) is 5.32 Å². The van der Waals surface area contributed by atoms with Crippen molar-refractivity contribution in [3.8, 4) is 5.75 Å². The number of rotatable bonds is 7. The lowest BCUT2D eigenvalue weighted by Gasteiger charge is -2.16. The topological polar surface area (TPSA) is 69.6 Å². The van der Waals surface area contributed by atoms with Gasteiger partial charge in [0.05, 0.1) is 12.6 Å². The molecule has 0 unspecified atom stereocenters. The van der Waals surface area contributed by atoms with E-state index in [-0.39, 0.29) is 37.8 Å². The number of aromatic hydroxyl groups is 1. The van der Waals surface area contributed by atoms with Crippen molar-refractivity contribution in [2.24, 2.45) is 0 Å². The van der Waals surface area contributed by atoms with Crippen LogP contribution in [0.1, 0.15) is 17.5 Å². The Balaban J connectivity index is 0.00000264. The molecule has 0 saturated carbocycles. The molecule has 0 saturated heterocycles. The number of aliphatic hydroxyl groups is 1. The monoisotopic (exact) mass is 333 g/mol. The van der Waals surface area contributed by atoms with E-state index in [4.69, 9.17) is 0 Å². The van der Waals surface area contributed by atoms with Gasteiger partial charge in [0.15, 0.2) is 0 Å². The van der Waals surface area contributed by atoms with Gasteiger partial charge in [-0.2, -0.15) is 13.5 Å². The highest BCUT2D eigenvalue weighted by Crippen LogP contribution is 2.11. The maximum Gasteiger partial charge on any atom is 0.220 e. The fourth-order valence-corrected chi connectivity index (χ4v) is 2.28. The summed E-state index contributed by atoms with van der Waals surface area (Å²) in [5, 5.41) is 21.5. The Morgan fingerprint density at radius 1 is 1.00 bits per heavy atom. The Morgan fingerprint density at radius 2 is 1.65 bits per heavy atom. The number of carbonyl (C=O) groups is 1. The van der Waals surface area contributed by atoms with E-state index in [1.807, 2.05) is 30.3 Å². The van der Waals surface area contributed by atoms with Gasteiger partial charge in [0.25, 0.3) is 0 Å². The smallest absolute Gasteiger partial charge is 0.220 e. The molecule has 3 N–H and O–H groups in total. The van der Waals surface area contributed by atoms with Gasteiger partial charge in [-0.1, -0.05) is 42.5 Å². The maximum atomic E-state index is 12.0. The van der Waals surface area contributed by atoms with Gasteiger partial charge in [-0.05, 0) is 36.1 Å². The third-order valence-electron chi connectivity index (χ3n) is 3.49. The van der Waals surface area contributed by atoms with E-state index in [2.05, 4.69) is 5.32 Å². The van der Waals surface area contributed by atoms with Crippen molar-refractivity contribution < 1.29 is 15.0 Å². The van der Waals surface area contributed by atoms with Crippen molar-refractivity contribution in [1.29, 1.82) is 0 Å². The zero-order valence-electron chi connectivity index (χ0n) is 12.9. The number of amides is 1. The number of nitrogens with one attached hydrogen (secondary N) is 1. The number of hydrogen-bond donors (Lipinski definition) is 3. The van der Waals surface area contributed by atoms with E-state index in [0.717, 1.165) is 11.1 Å². The molecule has 0 bridgehead atoms. The fraction of sp³-hybridized carbons (Fsp3) is 0.278. The molecule has 124 valence electrons. The summed E-state index contributed by atoms with van der Waals surface area (Å²) in [5.41, 5.74) is 2.08. The molecule has 0 aliphatic rings. The molecule has 23 heavy (non-hydrogen) atoms. The van der Waals surface area contributed by atoms with E-state index in [1.165, 1.54) is 0 Å². The van der Waals surface area contributed by atoms with Gasteiger partial charge in [0, 0.05) is 6.42 Å². The number of phenols is 1. The van der Waals surface area contributed by atoms with Crippen LogP contribution in [0, 0.1) is 0 Å². The molecule has 0 aliphatic heterocycles. The van der Waals surface area contributed by atoms with Gasteiger partial charge >= 0.3 is 0 Å². The Morgan fingerprint density at radius 3 is 2.26 bits per heavy atom. The molecule has 0 aliphatic carbocycles. The normalized spacial score (nSPS) is 11.3. The van der Waals surface area contributed by atoms with Crippen molar-refractivity contribution in [2.75, 3.05) is 6.61 Å². The first-order valence-electron chi connectivity index (χ1n) is 7.39. The van der Waals surface area contributed by atoms with Gasteiger partial charge in [0.1, 0.15) is 5.75 Å². The van der Waals surface area contributed by atoms with E-state index >= 15 is 0 Å². The van der Waals surface area contributed by atoms with Crippen LogP contribution in [0.2, 0.25) is 0 Å². The molecule has 0 radical (unpaired) electrons. The molecule has 4 nitrogen and oxygen atoms in total. The van der Waals surface area contributed by atoms with E-state index < -0.39 is 0 Å². The SMILES string of the molecule is O=C(CCc1ccccc1)N[C@H](CO)Cc1ccc(O)cc1.S. The molecule has 1 amide bonds. The van der Waals surface area contributed by atoms with E-state index in [1.54, 1.807) is 24.3 Å². The van der Waals surface area contributed by atoms with Crippen LogP contribution in [0.3, 0.4) is 0 Å². The summed E-state index contributed by atoms with van der Waals surface area (Å²) < 4.78 is 0. The highest BCUT2D eigenvalue weighted by atomic mass is 32.1. The third-order valence-corrected chi connectivity index (χ3v) is 3.49. The molecule has 0 fully saturated rings. The second-order valence-corrected chi connectivity index (χ2v) is 5.30. The minimum atomic E-state index is -0.312. The summed E-state index contributed by atoms with van der Waals surface area (Å²) in [4.78, 5) is 12.0. The molecule has 0 heterocycles. The van der Waals surface area contributed by atoms with Crippen LogP contribution < -0.4 is 5.32 Å².